The van der Waals surface area contributed by atoms with Gasteiger partial charge in [-0.15, -0.1) is 10.2 Å². The van der Waals surface area contributed by atoms with Gasteiger partial charge in [-0.05, 0) is 39.2 Å². The second-order valence-corrected chi connectivity index (χ2v) is 8.38. The number of thioether (sulfide) groups is 2. The summed E-state index contributed by atoms with van der Waals surface area (Å²) in [5.74, 6) is 2.07. The minimum absolute atomic E-state index is 0.186. The lowest BCUT2D eigenvalue weighted by molar-refractivity contribution is -0.134. The highest BCUT2D eigenvalue weighted by molar-refractivity contribution is 7.99. The smallest absolute Gasteiger partial charge is 0.233 e. The summed E-state index contributed by atoms with van der Waals surface area (Å²) in [5.41, 5.74) is 0. The van der Waals surface area contributed by atoms with E-state index in [0.29, 0.717) is 28.7 Å². The monoisotopic (exact) mass is 392 g/mol. The van der Waals surface area contributed by atoms with Gasteiger partial charge < -0.3 is 9.47 Å². The summed E-state index contributed by atoms with van der Waals surface area (Å²) < 4.78 is 1.94. The minimum atomic E-state index is 0.186. The molecule has 0 bridgehead atoms. The molecule has 0 N–H and O–H groups in total. The molecular weight excluding hydrogens is 368 g/mol. The molecule has 0 radical (unpaired) electrons. The van der Waals surface area contributed by atoms with Crippen molar-refractivity contribution in [3.8, 4) is 0 Å². The Morgan fingerprint density at radius 2 is 1.85 bits per heavy atom. The summed E-state index contributed by atoms with van der Waals surface area (Å²) in [5, 5.41) is 9.96. The molecule has 140 valence electrons. The van der Waals surface area contributed by atoms with E-state index in [1.54, 1.807) is 18.5 Å². The van der Waals surface area contributed by atoms with Crippen LogP contribution in [0.1, 0.15) is 38.9 Å². The van der Waals surface area contributed by atoms with E-state index >= 15 is 0 Å². The zero-order chi connectivity index (χ0) is 18.5. The fraction of sp³-hybridized carbons (Fsp3) is 0.588. The molecule has 0 aromatic carbocycles. The number of piperidine rings is 1. The molecule has 1 amide bonds. The van der Waals surface area contributed by atoms with Crippen LogP contribution in [0.15, 0.2) is 28.8 Å². The summed E-state index contributed by atoms with van der Waals surface area (Å²) in [4.78, 5) is 23.1. The molecule has 2 aromatic rings. The number of likely N-dealkylation sites (tertiary alicyclic amines) is 1. The van der Waals surface area contributed by atoms with Crippen LogP contribution in [0.5, 0.6) is 0 Å². The Morgan fingerprint density at radius 1 is 1.15 bits per heavy atom. The van der Waals surface area contributed by atoms with Gasteiger partial charge in [0.1, 0.15) is 5.82 Å². The van der Waals surface area contributed by atoms with Gasteiger partial charge in [0.25, 0.3) is 0 Å². The molecule has 7 nitrogen and oxygen atoms in total. The van der Waals surface area contributed by atoms with Crippen molar-refractivity contribution in [1.82, 2.24) is 29.6 Å². The van der Waals surface area contributed by atoms with Crippen LogP contribution in [-0.2, 0) is 17.6 Å². The van der Waals surface area contributed by atoms with Gasteiger partial charge in [0.15, 0.2) is 10.3 Å². The van der Waals surface area contributed by atoms with Crippen molar-refractivity contribution in [2.75, 3.05) is 5.75 Å². The van der Waals surface area contributed by atoms with Crippen LogP contribution in [-0.4, -0.2) is 53.4 Å². The van der Waals surface area contributed by atoms with Crippen LogP contribution in [0, 0.1) is 0 Å². The summed E-state index contributed by atoms with van der Waals surface area (Å²) >= 11 is 2.97. The maximum atomic E-state index is 12.6. The first-order valence-electron chi connectivity index (χ1n) is 8.78. The van der Waals surface area contributed by atoms with Crippen LogP contribution in [0.3, 0.4) is 0 Å². The Hall–Kier alpha value is -1.61. The Bertz CT molecular complexity index is 728. The Labute approximate surface area is 162 Å². The van der Waals surface area contributed by atoms with Crippen LogP contribution in [0.2, 0.25) is 0 Å². The fourth-order valence-corrected chi connectivity index (χ4v) is 4.78. The van der Waals surface area contributed by atoms with E-state index in [2.05, 4.69) is 34.0 Å². The zero-order valence-electron chi connectivity index (χ0n) is 15.3. The van der Waals surface area contributed by atoms with Gasteiger partial charge >= 0.3 is 0 Å². The molecule has 2 atom stereocenters. The Morgan fingerprint density at radius 3 is 2.54 bits per heavy atom. The topological polar surface area (TPSA) is 76.8 Å². The molecule has 0 spiro atoms. The fourth-order valence-electron chi connectivity index (χ4n) is 3.20. The van der Waals surface area contributed by atoms with E-state index in [1.807, 2.05) is 16.5 Å². The van der Waals surface area contributed by atoms with Gasteiger partial charge in [-0.25, -0.2) is 9.97 Å². The van der Waals surface area contributed by atoms with Crippen molar-refractivity contribution < 1.29 is 4.79 Å². The average Bonchev–Trinajstić information content (AvgIpc) is 2.99. The molecule has 0 aliphatic carbocycles. The second kappa shape index (κ2) is 8.85. The van der Waals surface area contributed by atoms with Crippen LogP contribution >= 0.6 is 23.5 Å². The van der Waals surface area contributed by atoms with Crippen molar-refractivity contribution in [2.45, 2.75) is 61.3 Å². The highest BCUT2D eigenvalue weighted by atomic mass is 32.2. The van der Waals surface area contributed by atoms with Gasteiger partial charge in [-0.2, -0.15) is 0 Å². The SMILES string of the molecule is C[C@@H]1CCC[C@H](C)N1C(=O)CSc1nnc(CSc2ncccn2)n1C. The van der Waals surface area contributed by atoms with E-state index in [1.165, 1.54) is 29.9 Å². The molecule has 0 unspecified atom stereocenters. The third-order valence-corrected chi connectivity index (χ3v) is 6.48. The zero-order valence-corrected chi connectivity index (χ0v) is 17.0. The highest BCUT2D eigenvalue weighted by Gasteiger charge is 2.29. The highest BCUT2D eigenvalue weighted by Crippen LogP contribution is 2.25. The number of hydrogen-bond acceptors (Lipinski definition) is 7. The molecule has 3 heterocycles. The summed E-state index contributed by atoms with van der Waals surface area (Å²) in [6.45, 7) is 4.28. The quantitative estimate of drug-likeness (QED) is 0.552. The van der Waals surface area contributed by atoms with Crippen molar-refractivity contribution in [3.63, 3.8) is 0 Å². The first-order valence-corrected chi connectivity index (χ1v) is 10.8. The maximum absolute atomic E-state index is 12.6. The molecule has 0 saturated carbocycles. The summed E-state index contributed by atoms with van der Waals surface area (Å²) in [6, 6.07) is 2.44. The first kappa shape index (κ1) is 19.2. The number of amides is 1. The number of rotatable bonds is 6. The van der Waals surface area contributed by atoms with E-state index in [-0.39, 0.29) is 5.91 Å². The third kappa shape index (κ3) is 4.56. The first-order chi connectivity index (χ1) is 12.6. The van der Waals surface area contributed by atoms with Crippen LogP contribution < -0.4 is 0 Å². The van der Waals surface area contributed by atoms with Crippen molar-refractivity contribution in [1.29, 1.82) is 0 Å². The van der Waals surface area contributed by atoms with E-state index in [0.717, 1.165) is 23.8 Å². The molecule has 1 aliphatic heterocycles. The Kier molecular flexibility index (Phi) is 6.53. The van der Waals surface area contributed by atoms with Gasteiger partial charge in [0.05, 0.1) is 11.5 Å². The van der Waals surface area contributed by atoms with E-state index in [9.17, 15) is 4.79 Å². The lowest BCUT2D eigenvalue weighted by Crippen LogP contribution is -2.48. The van der Waals surface area contributed by atoms with Gasteiger partial charge in [-0.3, -0.25) is 4.79 Å². The molecule has 1 aliphatic rings. The maximum Gasteiger partial charge on any atom is 0.233 e. The van der Waals surface area contributed by atoms with E-state index < -0.39 is 0 Å². The minimum Gasteiger partial charge on any atom is -0.337 e. The van der Waals surface area contributed by atoms with E-state index in [4.69, 9.17) is 0 Å². The van der Waals surface area contributed by atoms with Crippen LogP contribution in [0.25, 0.3) is 0 Å². The molecule has 9 heteroatoms. The summed E-state index contributed by atoms with van der Waals surface area (Å²) in [6.07, 6.45) is 6.83. The summed E-state index contributed by atoms with van der Waals surface area (Å²) in [7, 11) is 1.93. The molecule has 26 heavy (non-hydrogen) atoms. The average molecular weight is 393 g/mol. The van der Waals surface area contributed by atoms with Crippen molar-refractivity contribution in [3.05, 3.63) is 24.3 Å². The Balaban J connectivity index is 1.55. The van der Waals surface area contributed by atoms with Crippen LogP contribution in [0.4, 0.5) is 0 Å². The van der Waals surface area contributed by atoms with Crippen molar-refractivity contribution >= 4 is 29.4 Å². The van der Waals surface area contributed by atoms with Gasteiger partial charge in [0, 0.05) is 31.5 Å². The molecule has 2 aromatic heterocycles. The molecule has 1 saturated heterocycles. The largest absolute Gasteiger partial charge is 0.337 e. The molecular formula is C17H24N6OS2. The number of carbonyl (C=O) groups excluding carboxylic acids is 1. The number of nitrogens with zero attached hydrogens (tertiary/aromatic N) is 6. The predicted octanol–water partition coefficient (Wildman–Crippen LogP) is 2.78. The van der Waals surface area contributed by atoms with Gasteiger partial charge in [0.2, 0.25) is 5.91 Å². The molecule has 1 fully saturated rings. The standard InChI is InChI=1S/C17H24N6OS2/c1-12-6-4-7-13(2)23(12)15(24)11-26-17-21-20-14(22(17)3)10-25-16-18-8-5-9-19-16/h5,8-9,12-13H,4,6-7,10-11H2,1-3H3/t12-,13+. The predicted molar refractivity (Wildman–Crippen MR) is 103 cm³/mol. The number of carbonyl (C=O) groups is 1. The normalized spacial score (nSPS) is 20.3. The third-order valence-electron chi connectivity index (χ3n) is 4.60. The lowest BCUT2D eigenvalue weighted by Gasteiger charge is -2.39. The van der Waals surface area contributed by atoms with Crippen molar-refractivity contribution in [2.24, 2.45) is 7.05 Å². The number of hydrogen-bond donors (Lipinski definition) is 0. The lowest BCUT2D eigenvalue weighted by atomic mass is 9.98. The second-order valence-electron chi connectivity index (χ2n) is 6.50. The molecule has 3 rings (SSSR count). The number of aromatic nitrogens is 5. The van der Waals surface area contributed by atoms with Gasteiger partial charge in [-0.1, -0.05) is 23.5 Å².